The fraction of sp³-hybridized carbons (Fsp3) is 0.333. The van der Waals surface area contributed by atoms with Gasteiger partial charge in [0.25, 0.3) is 11.7 Å². The zero-order chi connectivity index (χ0) is 22.8. The summed E-state index contributed by atoms with van der Waals surface area (Å²) in [7, 11) is 2.93. The Morgan fingerprint density at radius 2 is 1.97 bits per heavy atom. The van der Waals surface area contributed by atoms with Crippen LogP contribution < -0.4 is 9.47 Å². The fourth-order valence-corrected chi connectivity index (χ4v) is 4.23. The molecule has 168 valence electrons. The minimum absolute atomic E-state index is 0.0502. The molecular formula is C24H25NO7. The highest BCUT2D eigenvalue weighted by atomic mass is 16.5. The molecule has 2 saturated heterocycles. The minimum atomic E-state index is -0.887. The molecule has 2 heterocycles. The van der Waals surface area contributed by atoms with E-state index in [2.05, 4.69) is 0 Å². The van der Waals surface area contributed by atoms with Gasteiger partial charge in [-0.05, 0) is 42.7 Å². The third-order valence-electron chi connectivity index (χ3n) is 5.83. The lowest BCUT2D eigenvalue weighted by atomic mass is 9.94. The molecule has 4 rings (SSSR count). The topological polar surface area (TPSA) is 106 Å². The molecule has 0 aromatic heterocycles. The highest BCUT2D eigenvalue weighted by Gasteiger charge is 2.47. The SMILES string of the molecule is COc1cccc(/C(O)=C2/C(=O)C(=O)N(CC3CCCO3)C2c2ccc(OC)c(O)c2)c1. The molecule has 32 heavy (non-hydrogen) atoms. The van der Waals surface area contributed by atoms with Crippen LogP contribution in [0, 0.1) is 0 Å². The summed E-state index contributed by atoms with van der Waals surface area (Å²) < 4.78 is 16.0. The molecule has 8 nitrogen and oxygen atoms in total. The van der Waals surface area contributed by atoms with Gasteiger partial charge in [-0.1, -0.05) is 18.2 Å². The fourth-order valence-electron chi connectivity index (χ4n) is 4.23. The normalized spacial score (nSPS) is 22.4. The van der Waals surface area contributed by atoms with Gasteiger partial charge < -0.3 is 29.3 Å². The number of amides is 1. The third kappa shape index (κ3) is 3.89. The molecule has 0 spiro atoms. The summed E-state index contributed by atoms with van der Waals surface area (Å²) >= 11 is 0. The van der Waals surface area contributed by atoms with E-state index in [9.17, 15) is 19.8 Å². The lowest BCUT2D eigenvalue weighted by Crippen LogP contribution is -2.36. The number of rotatable bonds is 6. The first kappa shape index (κ1) is 21.7. The quantitative estimate of drug-likeness (QED) is 0.405. The predicted molar refractivity (Wildman–Crippen MR) is 116 cm³/mol. The van der Waals surface area contributed by atoms with E-state index in [1.165, 1.54) is 25.2 Å². The van der Waals surface area contributed by atoms with Gasteiger partial charge in [0.15, 0.2) is 11.5 Å². The molecule has 0 radical (unpaired) electrons. The van der Waals surface area contributed by atoms with Crippen molar-refractivity contribution in [1.82, 2.24) is 4.90 Å². The average molecular weight is 439 g/mol. The van der Waals surface area contributed by atoms with Gasteiger partial charge in [-0.15, -0.1) is 0 Å². The van der Waals surface area contributed by atoms with Crippen LogP contribution in [0.2, 0.25) is 0 Å². The van der Waals surface area contributed by atoms with Crippen LogP contribution in [-0.4, -0.2) is 60.3 Å². The molecule has 2 aromatic carbocycles. The molecule has 2 unspecified atom stereocenters. The van der Waals surface area contributed by atoms with Crippen molar-refractivity contribution in [1.29, 1.82) is 0 Å². The second-order valence-electron chi connectivity index (χ2n) is 7.75. The van der Waals surface area contributed by atoms with E-state index in [-0.39, 0.29) is 35.5 Å². The Balaban J connectivity index is 1.84. The number of aliphatic hydroxyl groups is 1. The molecule has 2 N–H and O–H groups in total. The van der Waals surface area contributed by atoms with Gasteiger partial charge in [-0.25, -0.2) is 0 Å². The second kappa shape index (κ2) is 8.92. The first-order chi connectivity index (χ1) is 15.4. The van der Waals surface area contributed by atoms with E-state index in [0.29, 0.717) is 23.5 Å². The molecule has 0 saturated carbocycles. The molecule has 0 bridgehead atoms. The number of carbonyl (C=O) groups excluding carboxylic acids is 2. The van der Waals surface area contributed by atoms with E-state index >= 15 is 0 Å². The molecule has 2 fully saturated rings. The number of methoxy groups -OCH3 is 2. The van der Waals surface area contributed by atoms with Crippen LogP contribution in [0.15, 0.2) is 48.0 Å². The van der Waals surface area contributed by atoms with Crippen LogP contribution >= 0.6 is 0 Å². The molecule has 2 aliphatic heterocycles. The number of benzene rings is 2. The smallest absolute Gasteiger partial charge is 0.295 e. The number of likely N-dealkylation sites (tertiary alicyclic amines) is 1. The number of ether oxygens (including phenoxy) is 3. The summed E-state index contributed by atoms with van der Waals surface area (Å²) in [5, 5.41) is 21.4. The standard InChI is InChI=1S/C24H25NO7/c1-30-16-6-3-5-15(11-16)22(27)20-21(14-8-9-19(31-2)18(26)12-14)25(24(29)23(20)28)13-17-7-4-10-32-17/h3,5-6,8-9,11-12,17,21,26-27H,4,7,10,13H2,1-2H3/b22-20-. The van der Waals surface area contributed by atoms with Crippen LogP contribution in [0.25, 0.3) is 5.76 Å². The van der Waals surface area contributed by atoms with Gasteiger partial charge in [0.2, 0.25) is 0 Å². The van der Waals surface area contributed by atoms with Crippen LogP contribution in [0.1, 0.15) is 30.0 Å². The number of hydrogen-bond donors (Lipinski definition) is 2. The highest BCUT2D eigenvalue weighted by Crippen LogP contribution is 2.42. The van der Waals surface area contributed by atoms with Gasteiger partial charge in [0.1, 0.15) is 11.5 Å². The number of ketones is 1. The molecule has 1 amide bonds. The van der Waals surface area contributed by atoms with E-state index in [1.54, 1.807) is 36.4 Å². The molecule has 0 aliphatic carbocycles. The van der Waals surface area contributed by atoms with Crippen LogP contribution in [0.3, 0.4) is 0 Å². The van der Waals surface area contributed by atoms with E-state index in [1.807, 2.05) is 0 Å². The summed E-state index contributed by atoms with van der Waals surface area (Å²) in [5.74, 6) is -1.18. The Hall–Kier alpha value is -3.52. The number of phenols is 1. The minimum Gasteiger partial charge on any atom is -0.507 e. The Morgan fingerprint density at radius 1 is 1.16 bits per heavy atom. The lowest BCUT2D eigenvalue weighted by Gasteiger charge is -2.27. The van der Waals surface area contributed by atoms with Crippen molar-refractivity contribution in [3.63, 3.8) is 0 Å². The lowest BCUT2D eigenvalue weighted by molar-refractivity contribution is -0.140. The molecular weight excluding hydrogens is 414 g/mol. The van der Waals surface area contributed by atoms with Crippen molar-refractivity contribution < 1.29 is 34.0 Å². The highest BCUT2D eigenvalue weighted by molar-refractivity contribution is 6.46. The van der Waals surface area contributed by atoms with Crippen molar-refractivity contribution in [2.45, 2.75) is 25.0 Å². The summed E-state index contributed by atoms with van der Waals surface area (Å²) in [4.78, 5) is 27.5. The Labute approximate surface area is 185 Å². The number of aromatic hydroxyl groups is 1. The number of hydrogen-bond acceptors (Lipinski definition) is 7. The van der Waals surface area contributed by atoms with Crippen LogP contribution in [0.5, 0.6) is 17.2 Å². The van der Waals surface area contributed by atoms with E-state index in [4.69, 9.17) is 14.2 Å². The van der Waals surface area contributed by atoms with Crippen molar-refractivity contribution >= 4 is 17.4 Å². The Bertz CT molecular complexity index is 1070. The van der Waals surface area contributed by atoms with Gasteiger partial charge in [-0.3, -0.25) is 9.59 Å². The van der Waals surface area contributed by atoms with Crippen LogP contribution in [-0.2, 0) is 14.3 Å². The summed E-state index contributed by atoms with van der Waals surface area (Å²) in [5.41, 5.74) is 0.776. The van der Waals surface area contributed by atoms with Crippen molar-refractivity contribution in [3.05, 3.63) is 59.2 Å². The van der Waals surface area contributed by atoms with E-state index in [0.717, 1.165) is 12.8 Å². The summed E-state index contributed by atoms with van der Waals surface area (Å²) in [6.45, 7) is 0.809. The zero-order valence-electron chi connectivity index (χ0n) is 17.9. The number of carbonyl (C=O) groups is 2. The first-order valence-electron chi connectivity index (χ1n) is 10.4. The van der Waals surface area contributed by atoms with Gasteiger partial charge in [0.05, 0.1) is 31.9 Å². The van der Waals surface area contributed by atoms with Crippen molar-refractivity contribution in [2.24, 2.45) is 0 Å². The summed E-state index contributed by atoms with van der Waals surface area (Å²) in [6.07, 6.45) is 1.46. The van der Waals surface area contributed by atoms with Crippen molar-refractivity contribution in [3.8, 4) is 17.2 Å². The maximum atomic E-state index is 13.1. The molecule has 2 aliphatic rings. The van der Waals surface area contributed by atoms with E-state index < -0.39 is 17.7 Å². The van der Waals surface area contributed by atoms with Gasteiger partial charge in [-0.2, -0.15) is 0 Å². The number of nitrogens with zero attached hydrogens (tertiary/aromatic N) is 1. The average Bonchev–Trinajstić information content (AvgIpc) is 3.41. The van der Waals surface area contributed by atoms with Crippen molar-refractivity contribution in [2.75, 3.05) is 27.4 Å². The first-order valence-corrected chi connectivity index (χ1v) is 10.4. The maximum Gasteiger partial charge on any atom is 0.295 e. The molecule has 8 heteroatoms. The summed E-state index contributed by atoms with van der Waals surface area (Å²) in [6, 6.07) is 10.4. The Kier molecular flexibility index (Phi) is 6.05. The molecule has 2 atom stereocenters. The zero-order valence-corrected chi connectivity index (χ0v) is 17.9. The second-order valence-corrected chi connectivity index (χ2v) is 7.75. The third-order valence-corrected chi connectivity index (χ3v) is 5.83. The van der Waals surface area contributed by atoms with Gasteiger partial charge in [0, 0.05) is 18.7 Å². The van der Waals surface area contributed by atoms with Crippen LogP contribution in [0.4, 0.5) is 0 Å². The number of phenolic OH excluding ortho intramolecular Hbond substituents is 1. The maximum absolute atomic E-state index is 13.1. The van der Waals surface area contributed by atoms with Gasteiger partial charge >= 0.3 is 0 Å². The number of Topliss-reactive ketones (excluding diaryl/α,β-unsaturated/α-hetero) is 1. The predicted octanol–water partition coefficient (Wildman–Crippen LogP) is 3.01. The largest absolute Gasteiger partial charge is 0.507 e. The number of aliphatic hydroxyl groups excluding tert-OH is 1. The molecule has 2 aromatic rings. The Morgan fingerprint density at radius 3 is 2.62 bits per heavy atom. The monoisotopic (exact) mass is 439 g/mol.